The summed E-state index contributed by atoms with van der Waals surface area (Å²) >= 11 is 0. The molecule has 0 saturated carbocycles. The van der Waals surface area contributed by atoms with Crippen molar-refractivity contribution in [1.82, 2.24) is 15.5 Å². The van der Waals surface area contributed by atoms with Crippen LogP contribution in [0.25, 0.3) is 5.57 Å². The topological polar surface area (TPSA) is 37.8 Å². The summed E-state index contributed by atoms with van der Waals surface area (Å²) < 4.78 is 0. The number of rotatable bonds is 1. The molecule has 72 valence electrons. The maximum absolute atomic E-state index is 3.92. The molecule has 3 heterocycles. The standard InChI is InChI=1S/C11H13N3/c1-3-10(8-5-6-12-13-7-8)11-4-2-9(1)14-11/h3,5-7,9,11,14H,1-2,4H2/t9-,11-/m1/s1. The Morgan fingerprint density at radius 3 is 3.14 bits per heavy atom. The van der Waals surface area contributed by atoms with E-state index < -0.39 is 0 Å². The molecule has 1 aromatic rings. The lowest BCUT2D eigenvalue weighted by atomic mass is 9.98. The smallest absolute Gasteiger partial charge is 0.0571 e. The van der Waals surface area contributed by atoms with E-state index in [1.54, 1.807) is 6.20 Å². The Morgan fingerprint density at radius 1 is 1.29 bits per heavy atom. The number of hydrogen-bond acceptors (Lipinski definition) is 3. The largest absolute Gasteiger partial charge is 0.307 e. The lowest BCUT2D eigenvalue weighted by Crippen LogP contribution is -2.33. The van der Waals surface area contributed by atoms with Crippen molar-refractivity contribution in [2.24, 2.45) is 0 Å². The molecule has 2 atom stereocenters. The molecule has 0 unspecified atom stereocenters. The minimum Gasteiger partial charge on any atom is -0.307 e. The first kappa shape index (κ1) is 8.12. The van der Waals surface area contributed by atoms with Gasteiger partial charge in [0, 0.05) is 17.6 Å². The fourth-order valence-electron chi connectivity index (χ4n) is 2.44. The van der Waals surface area contributed by atoms with Crippen LogP contribution in [-0.2, 0) is 0 Å². The average Bonchev–Trinajstić information content (AvgIpc) is 2.62. The van der Waals surface area contributed by atoms with Gasteiger partial charge in [0.2, 0.25) is 0 Å². The second kappa shape index (κ2) is 3.17. The molecule has 1 aromatic heterocycles. The van der Waals surface area contributed by atoms with Gasteiger partial charge in [0.15, 0.2) is 0 Å². The second-order valence-electron chi connectivity index (χ2n) is 4.02. The van der Waals surface area contributed by atoms with Gasteiger partial charge in [-0.2, -0.15) is 10.2 Å². The van der Waals surface area contributed by atoms with E-state index in [2.05, 4.69) is 21.6 Å². The zero-order valence-electron chi connectivity index (χ0n) is 7.98. The van der Waals surface area contributed by atoms with Crippen LogP contribution in [0.15, 0.2) is 24.5 Å². The minimum atomic E-state index is 0.554. The lowest BCUT2D eigenvalue weighted by molar-refractivity contribution is 0.574. The number of nitrogens with one attached hydrogen (secondary N) is 1. The molecular formula is C11H13N3. The highest BCUT2D eigenvalue weighted by Crippen LogP contribution is 2.32. The van der Waals surface area contributed by atoms with Crippen molar-refractivity contribution < 1.29 is 0 Å². The van der Waals surface area contributed by atoms with E-state index in [1.807, 2.05) is 12.3 Å². The summed E-state index contributed by atoms with van der Waals surface area (Å²) in [4.78, 5) is 0. The van der Waals surface area contributed by atoms with Crippen molar-refractivity contribution in [1.29, 1.82) is 0 Å². The van der Waals surface area contributed by atoms with Crippen molar-refractivity contribution in [3.63, 3.8) is 0 Å². The van der Waals surface area contributed by atoms with Crippen LogP contribution in [0, 0.1) is 0 Å². The maximum atomic E-state index is 3.92. The van der Waals surface area contributed by atoms with E-state index in [0.29, 0.717) is 6.04 Å². The summed E-state index contributed by atoms with van der Waals surface area (Å²) in [7, 11) is 0. The lowest BCUT2D eigenvalue weighted by Gasteiger charge is -2.22. The molecule has 2 aliphatic heterocycles. The van der Waals surface area contributed by atoms with E-state index >= 15 is 0 Å². The predicted molar refractivity (Wildman–Crippen MR) is 54.6 cm³/mol. The molecule has 0 spiro atoms. The van der Waals surface area contributed by atoms with E-state index in [9.17, 15) is 0 Å². The normalized spacial score (nSPS) is 30.1. The van der Waals surface area contributed by atoms with Crippen LogP contribution in [0.4, 0.5) is 0 Å². The highest BCUT2D eigenvalue weighted by Gasteiger charge is 2.30. The monoisotopic (exact) mass is 187 g/mol. The van der Waals surface area contributed by atoms with Crippen molar-refractivity contribution in [2.45, 2.75) is 31.3 Å². The highest BCUT2D eigenvalue weighted by molar-refractivity contribution is 5.70. The molecule has 1 fully saturated rings. The molecule has 0 radical (unpaired) electrons. The van der Waals surface area contributed by atoms with E-state index in [1.165, 1.54) is 24.0 Å². The van der Waals surface area contributed by atoms with Crippen molar-refractivity contribution in [2.75, 3.05) is 0 Å². The van der Waals surface area contributed by atoms with Gasteiger partial charge in [-0.15, -0.1) is 0 Å². The van der Waals surface area contributed by atoms with Gasteiger partial charge in [0.25, 0.3) is 0 Å². The van der Waals surface area contributed by atoms with Crippen LogP contribution in [0.5, 0.6) is 0 Å². The summed E-state index contributed by atoms with van der Waals surface area (Å²) in [5, 5.41) is 11.3. The van der Waals surface area contributed by atoms with Crippen molar-refractivity contribution in [3.05, 3.63) is 30.1 Å². The van der Waals surface area contributed by atoms with Crippen LogP contribution in [0.3, 0.4) is 0 Å². The molecule has 0 aliphatic carbocycles. The van der Waals surface area contributed by atoms with Gasteiger partial charge in [-0.05, 0) is 30.9 Å². The van der Waals surface area contributed by atoms with Gasteiger partial charge in [-0.3, -0.25) is 0 Å². The fourth-order valence-corrected chi connectivity index (χ4v) is 2.44. The Labute approximate surface area is 83.2 Å². The van der Waals surface area contributed by atoms with Crippen LogP contribution in [-0.4, -0.2) is 22.3 Å². The highest BCUT2D eigenvalue weighted by atomic mass is 15.1. The summed E-state index contributed by atoms with van der Waals surface area (Å²) in [6.07, 6.45) is 9.70. The predicted octanol–water partition coefficient (Wildman–Crippen LogP) is 1.38. The van der Waals surface area contributed by atoms with Crippen LogP contribution < -0.4 is 5.32 Å². The van der Waals surface area contributed by atoms with Gasteiger partial charge in [0.05, 0.1) is 12.4 Å². The third-order valence-corrected chi connectivity index (χ3v) is 3.16. The summed E-state index contributed by atoms with van der Waals surface area (Å²) in [6, 6.07) is 3.32. The minimum absolute atomic E-state index is 0.554. The molecule has 1 N–H and O–H groups in total. The third kappa shape index (κ3) is 1.24. The number of nitrogens with zero attached hydrogens (tertiary/aromatic N) is 2. The first-order valence-electron chi connectivity index (χ1n) is 5.16. The van der Waals surface area contributed by atoms with E-state index in [-0.39, 0.29) is 0 Å². The van der Waals surface area contributed by atoms with E-state index in [4.69, 9.17) is 0 Å². The number of fused-ring (bicyclic) bond motifs is 2. The number of hydrogen-bond donors (Lipinski definition) is 1. The van der Waals surface area contributed by atoms with Crippen molar-refractivity contribution >= 4 is 5.57 Å². The van der Waals surface area contributed by atoms with E-state index in [0.717, 1.165) is 12.5 Å². The van der Waals surface area contributed by atoms with Gasteiger partial charge < -0.3 is 5.32 Å². The summed E-state index contributed by atoms with van der Waals surface area (Å²) in [5.74, 6) is 0. The molecule has 0 aromatic carbocycles. The van der Waals surface area contributed by atoms with Gasteiger partial charge >= 0.3 is 0 Å². The summed E-state index contributed by atoms with van der Waals surface area (Å²) in [6.45, 7) is 0. The zero-order chi connectivity index (χ0) is 9.38. The van der Waals surface area contributed by atoms with Gasteiger partial charge in [0.1, 0.15) is 0 Å². The molecule has 3 rings (SSSR count). The molecule has 0 amide bonds. The molecular weight excluding hydrogens is 174 g/mol. The molecule has 3 heteroatoms. The molecule has 1 saturated heterocycles. The quantitative estimate of drug-likeness (QED) is 0.721. The molecule has 2 aliphatic rings. The SMILES string of the molecule is C1=C(c2ccnnc2)[C@H]2CC[C@@H](C1)N2. The van der Waals surface area contributed by atoms with Crippen molar-refractivity contribution in [3.8, 4) is 0 Å². The Bertz CT molecular complexity index is 358. The Balaban J connectivity index is 1.96. The number of aromatic nitrogens is 2. The zero-order valence-corrected chi connectivity index (χ0v) is 7.98. The average molecular weight is 187 g/mol. The second-order valence-corrected chi connectivity index (χ2v) is 4.02. The molecule has 14 heavy (non-hydrogen) atoms. The first-order chi connectivity index (χ1) is 6.93. The Morgan fingerprint density at radius 2 is 2.29 bits per heavy atom. The summed E-state index contributed by atoms with van der Waals surface area (Å²) in [5.41, 5.74) is 2.63. The molecule has 3 nitrogen and oxygen atoms in total. The Hall–Kier alpha value is -1.22. The maximum Gasteiger partial charge on any atom is 0.0571 e. The van der Waals surface area contributed by atoms with Gasteiger partial charge in [-0.25, -0.2) is 0 Å². The molecule has 2 bridgehead atoms. The van der Waals surface area contributed by atoms with Gasteiger partial charge in [-0.1, -0.05) is 6.08 Å². The van der Waals surface area contributed by atoms with Crippen LogP contribution in [0.1, 0.15) is 24.8 Å². The third-order valence-electron chi connectivity index (χ3n) is 3.16. The Kier molecular flexibility index (Phi) is 1.84. The first-order valence-corrected chi connectivity index (χ1v) is 5.16. The van der Waals surface area contributed by atoms with Crippen LogP contribution >= 0.6 is 0 Å². The van der Waals surface area contributed by atoms with Crippen LogP contribution in [0.2, 0.25) is 0 Å². The fraction of sp³-hybridized carbons (Fsp3) is 0.455.